The summed E-state index contributed by atoms with van der Waals surface area (Å²) in [6.07, 6.45) is 0. The predicted octanol–water partition coefficient (Wildman–Crippen LogP) is 0.386. The predicted molar refractivity (Wildman–Crippen MR) is 51.7 cm³/mol. The fourth-order valence-corrected chi connectivity index (χ4v) is 0.992. The Morgan fingerprint density at radius 1 is 1.46 bits per heavy atom. The molecule has 0 amide bonds. The molecule has 13 heavy (non-hydrogen) atoms. The molecule has 0 unspecified atom stereocenters. The van der Waals surface area contributed by atoms with Crippen LogP contribution in [0.25, 0.3) is 0 Å². The highest BCUT2D eigenvalue weighted by atomic mass is 16.5. The highest BCUT2D eigenvalue weighted by Crippen LogP contribution is 2.16. The SMILES string of the molecule is NCOc1cccc(NCCO)c1. The van der Waals surface area contributed by atoms with Gasteiger partial charge in [-0.25, -0.2) is 0 Å². The minimum atomic E-state index is 0.113. The Balaban J connectivity index is 2.56. The van der Waals surface area contributed by atoms with E-state index in [4.69, 9.17) is 15.6 Å². The summed E-state index contributed by atoms with van der Waals surface area (Å²) in [5.41, 5.74) is 6.14. The number of hydrogen-bond donors (Lipinski definition) is 3. The van der Waals surface area contributed by atoms with Crippen LogP contribution in [0.2, 0.25) is 0 Å². The van der Waals surface area contributed by atoms with Gasteiger partial charge in [0.25, 0.3) is 0 Å². The van der Waals surface area contributed by atoms with E-state index in [1.807, 2.05) is 24.3 Å². The molecule has 4 N–H and O–H groups in total. The third-order valence-electron chi connectivity index (χ3n) is 1.52. The summed E-state index contributed by atoms with van der Waals surface area (Å²) in [4.78, 5) is 0. The molecule has 4 nitrogen and oxygen atoms in total. The number of aliphatic hydroxyl groups is 1. The number of aliphatic hydroxyl groups excluding tert-OH is 1. The topological polar surface area (TPSA) is 67.5 Å². The van der Waals surface area contributed by atoms with E-state index in [0.29, 0.717) is 6.54 Å². The number of benzene rings is 1. The first-order valence-electron chi connectivity index (χ1n) is 4.14. The van der Waals surface area contributed by atoms with Crippen molar-refractivity contribution in [2.75, 3.05) is 25.2 Å². The maximum absolute atomic E-state index is 8.59. The van der Waals surface area contributed by atoms with Gasteiger partial charge in [0.2, 0.25) is 0 Å². The van der Waals surface area contributed by atoms with Crippen LogP contribution in [0.4, 0.5) is 5.69 Å². The molecule has 0 atom stereocenters. The van der Waals surface area contributed by atoms with Crippen LogP contribution in [0, 0.1) is 0 Å². The second kappa shape index (κ2) is 5.40. The third-order valence-corrected chi connectivity index (χ3v) is 1.52. The van der Waals surface area contributed by atoms with E-state index < -0.39 is 0 Å². The summed E-state index contributed by atoms with van der Waals surface area (Å²) in [5, 5.41) is 11.6. The van der Waals surface area contributed by atoms with Gasteiger partial charge in [-0.05, 0) is 12.1 Å². The molecule has 1 rings (SSSR count). The first kappa shape index (κ1) is 9.83. The van der Waals surface area contributed by atoms with Gasteiger partial charge in [-0.15, -0.1) is 0 Å². The summed E-state index contributed by atoms with van der Waals surface area (Å²) in [6, 6.07) is 7.43. The van der Waals surface area contributed by atoms with E-state index in [1.165, 1.54) is 0 Å². The molecular formula is C9H14N2O2. The minimum absolute atomic E-state index is 0.113. The zero-order valence-corrected chi connectivity index (χ0v) is 7.36. The summed E-state index contributed by atoms with van der Waals surface area (Å²) in [7, 11) is 0. The maximum atomic E-state index is 8.59. The van der Waals surface area contributed by atoms with Gasteiger partial charge in [-0.2, -0.15) is 0 Å². The molecule has 0 fully saturated rings. The van der Waals surface area contributed by atoms with Crippen LogP contribution in [0.5, 0.6) is 5.75 Å². The molecule has 0 saturated carbocycles. The van der Waals surface area contributed by atoms with Crippen molar-refractivity contribution >= 4 is 5.69 Å². The smallest absolute Gasteiger partial charge is 0.137 e. The lowest BCUT2D eigenvalue weighted by atomic mass is 10.3. The van der Waals surface area contributed by atoms with E-state index in [-0.39, 0.29) is 13.3 Å². The summed E-state index contributed by atoms with van der Waals surface area (Å²) in [5.74, 6) is 0.727. The number of anilines is 1. The maximum Gasteiger partial charge on any atom is 0.137 e. The zero-order chi connectivity index (χ0) is 9.52. The fraction of sp³-hybridized carbons (Fsp3) is 0.333. The molecule has 4 heteroatoms. The molecule has 0 saturated heterocycles. The van der Waals surface area contributed by atoms with Crippen LogP contribution < -0.4 is 15.8 Å². The van der Waals surface area contributed by atoms with Crippen molar-refractivity contribution in [2.24, 2.45) is 5.73 Å². The van der Waals surface area contributed by atoms with Crippen molar-refractivity contribution in [2.45, 2.75) is 0 Å². The van der Waals surface area contributed by atoms with E-state index in [9.17, 15) is 0 Å². The first-order valence-corrected chi connectivity index (χ1v) is 4.14. The molecule has 0 bridgehead atoms. The Morgan fingerprint density at radius 2 is 2.31 bits per heavy atom. The molecule has 0 aliphatic carbocycles. The van der Waals surface area contributed by atoms with Crippen LogP contribution in [-0.4, -0.2) is 25.0 Å². The Morgan fingerprint density at radius 3 is 3.00 bits per heavy atom. The molecule has 0 spiro atoms. The molecule has 72 valence electrons. The molecule has 0 aliphatic rings. The summed E-state index contributed by atoms with van der Waals surface area (Å²) in [6.45, 7) is 0.817. The molecule has 0 aromatic heterocycles. The lowest BCUT2D eigenvalue weighted by Crippen LogP contribution is -2.08. The van der Waals surface area contributed by atoms with E-state index in [0.717, 1.165) is 11.4 Å². The van der Waals surface area contributed by atoms with Gasteiger partial charge in [-0.1, -0.05) is 6.07 Å². The third kappa shape index (κ3) is 3.31. The fourth-order valence-electron chi connectivity index (χ4n) is 0.992. The minimum Gasteiger partial charge on any atom is -0.479 e. The van der Waals surface area contributed by atoms with Crippen LogP contribution >= 0.6 is 0 Å². The Hall–Kier alpha value is -1.26. The average Bonchev–Trinajstić information content (AvgIpc) is 2.16. The van der Waals surface area contributed by atoms with Crippen LogP contribution in [0.15, 0.2) is 24.3 Å². The Kier molecular flexibility index (Phi) is 4.08. The number of hydrogen-bond acceptors (Lipinski definition) is 4. The number of nitrogens with one attached hydrogen (secondary N) is 1. The lowest BCUT2D eigenvalue weighted by Gasteiger charge is -2.06. The van der Waals surface area contributed by atoms with Gasteiger partial charge in [0.15, 0.2) is 0 Å². The Labute approximate surface area is 77.3 Å². The highest BCUT2D eigenvalue weighted by molar-refractivity contribution is 5.48. The standard InChI is InChI=1S/C9H14N2O2/c10-7-13-9-3-1-2-8(6-9)11-4-5-12/h1-3,6,11-12H,4-5,7,10H2. The van der Waals surface area contributed by atoms with Crippen molar-refractivity contribution in [1.29, 1.82) is 0 Å². The molecule has 0 aliphatic heterocycles. The molecule has 1 aromatic rings. The number of nitrogens with two attached hydrogens (primary N) is 1. The second-order valence-corrected chi connectivity index (χ2v) is 2.49. The molecular weight excluding hydrogens is 168 g/mol. The van der Waals surface area contributed by atoms with Gasteiger partial charge in [0.1, 0.15) is 12.5 Å². The number of ether oxygens (including phenoxy) is 1. The van der Waals surface area contributed by atoms with Crippen LogP contribution in [-0.2, 0) is 0 Å². The largest absolute Gasteiger partial charge is 0.479 e. The van der Waals surface area contributed by atoms with Gasteiger partial charge in [0, 0.05) is 18.3 Å². The summed E-state index contributed by atoms with van der Waals surface area (Å²) >= 11 is 0. The van der Waals surface area contributed by atoms with Gasteiger partial charge < -0.3 is 15.2 Å². The number of rotatable bonds is 5. The van der Waals surface area contributed by atoms with E-state index >= 15 is 0 Å². The van der Waals surface area contributed by atoms with Crippen LogP contribution in [0.1, 0.15) is 0 Å². The first-order chi connectivity index (χ1) is 6.36. The lowest BCUT2D eigenvalue weighted by molar-refractivity contribution is 0.311. The van der Waals surface area contributed by atoms with Crippen molar-refractivity contribution < 1.29 is 9.84 Å². The second-order valence-electron chi connectivity index (χ2n) is 2.49. The molecule has 0 radical (unpaired) electrons. The molecule has 0 heterocycles. The van der Waals surface area contributed by atoms with Gasteiger partial charge >= 0.3 is 0 Å². The van der Waals surface area contributed by atoms with Gasteiger partial charge in [0.05, 0.1) is 6.61 Å². The van der Waals surface area contributed by atoms with Crippen molar-refractivity contribution in [3.05, 3.63) is 24.3 Å². The monoisotopic (exact) mass is 182 g/mol. The van der Waals surface area contributed by atoms with Crippen molar-refractivity contribution in [1.82, 2.24) is 0 Å². The van der Waals surface area contributed by atoms with E-state index in [1.54, 1.807) is 0 Å². The normalized spacial score (nSPS) is 9.69. The average molecular weight is 182 g/mol. The van der Waals surface area contributed by atoms with Crippen LogP contribution in [0.3, 0.4) is 0 Å². The van der Waals surface area contributed by atoms with Crippen molar-refractivity contribution in [3.8, 4) is 5.75 Å². The summed E-state index contributed by atoms with van der Waals surface area (Å²) < 4.78 is 5.10. The highest BCUT2D eigenvalue weighted by Gasteiger charge is 1.94. The Bertz CT molecular complexity index is 253. The molecule has 1 aromatic carbocycles. The quantitative estimate of drug-likeness (QED) is 0.576. The van der Waals surface area contributed by atoms with Gasteiger partial charge in [-0.3, -0.25) is 5.73 Å². The van der Waals surface area contributed by atoms with E-state index in [2.05, 4.69) is 5.32 Å². The van der Waals surface area contributed by atoms with Crippen molar-refractivity contribution in [3.63, 3.8) is 0 Å². The zero-order valence-electron chi connectivity index (χ0n) is 7.36.